The molecule has 4 heteroatoms. The Morgan fingerprint density at radius 3 is 2.44 bits per heavy atom. The Hall–Kier alpha value is -0.870. The van der Waals surface area contributed by atoms with E-state index < -0.39 is 5.60 Å². The van der Waals surface area contributed by atoms with Gasteiger partial charge in [-0.2, -0.15) is 0 Å². The van der Waals surface area contributed by atoms with E-state index in [4.69, 9.17) is 0 Å². The number of nitrogens with zero attached hydrogens (tertiary/aromatic N) is 2. The van der Waals surface area contributed by atoms with Gasteiger partial charge in [-0.15, -0.1) is 0 Å². The van der Waals surface area contributed by atoms with Crippen LogP contribution >= 0.6 is 0 Å². The van der Waals surface area contributed by atoms with E-state index in [9.17, 15) is 5.11 Å². The summed E-state index contributed by atoms with van der Waals surface area (Å²) in [7, 11) is 1.99. The summed E-state index contributed by atoms with van der Waals surface area (Å²) in [5.41, 5.74) is -1.05. The van der Waals surface area contributed by atoms with Crippen LogP contribution in [0.25, 0.3) is 0 Å². The van der Waals surface area contributed by atoms with Crippen LogP contribution in [-0.2, 0) is 13.5 Å². The Bertz CT molecular complexity index is 336. The molecule has 1 aromatic heterocycles. The molecule has 0 aliphatic carbocycles. The molecule has 0 saturated heterocycles. The fraction of sp³-hybridized carbons (Fsp3) is 0.750. The molecular weight excluding hydrogens is 202 g/mol. The summed E-state index contributed by atoms with van der Waals surface area (Å²) in [4.78, 5) is 4.26. The average molecular weight is 225 g/mol. The number of aliphatic hydroxyl groups is 1. The zero-order valence-corrected chi connectivity index (χ0v) is 10.9. The van der Waals surface area contributed by atoms with E-state index in [1.165, 1.54) is 0 Å². The van der Waals surface area contributed by atoms with E-state index in [0.717, 1.165) is 18.8 Å². The van der Waals surface area contributed by atoms with Crippen LogP contribution in [0.2, 0.25) is 0 Å². The predicted octanol–water partition coefficient (Wildman–Crippen LogP) is 1.10. The minimum atomic E-state index is -0.741. The molecule has 0 unspecified atom stereocenters. The molecule has 0 saturated carbocycles. The number of hydrogen-bond acceptors (Lipinski definition) is 3. The molecule has 92 valence electrons. The van der Waals surface area contributed by atoms with Crippen LogP contribution in [-0.4, -0.2) is 32.3 Å². The standard InChI is InChI=1S/C12H23N3O/c1-11(2,12(3,4)16)14-7-6-10-13-8-9-15(10)5/h8-9,14,16H,6-7H2,1-5H3. The number of hydrogen-bond donors (Lipinski definition) is 2. The molecule has 0 atom stereocenters. The van der Waals surface area contributed by atoms with Crippen molar-refractivity contribution in [2.75, 3.05) is 6.54 Å². The highest BCUT2D eigenvalue weighted by molar-refractivity contribution is 4.96. The Morgan fingerprint density at radius 2 is 2.00 bits per heavy atom. The van der Waals surface area contributed by atoms with Crippen LogP contribution in [0.4, 0.5) is 0 Å². The molecule has 16 heavy (non-hydrogen) atoms. The van der Waals surface area contributed by atoms with Gasteiger partial charge in [0.05, 0.1) is 5.60 Å². The van der Waals surface area contributed by atoms with Gasteiger partial charge in [-0.1, -0.05) is 0 Å². The molecule has 0 aromatic carbocycles. The minimum Gasteiger partial charge on any atom is -0.389 e. The second-order valence-corrected chi connectivity index (χ2v) is 5.32. The van der Waals surface area contributed by atoms with Gasteiger partial charge in [-0.25, -0.2) is 4.98 Å². The highest BCUT2D eigenvalue weighted by Gasteiger charge is 2.34. The summed E-state index contributed by atoms with van der Waals surface area (Å²) in [5, 5.41) is 13.3. The van der Waals surface area contributed by atoms with Gasteiger partial charge in [0.25, 0.3) is 0 Å². The number of rotatable bonds is 5. The van der Waals surface area contributed by atoms with Gasteiger partial charge in [0.15, 0.2) is 0 Å². The van der Waals surface area contributed by atoms with E-state index in [-0.39, 0.29) is 5.54 Å². The second kappa shape index (κ2) is 4.55. The number of aryl methyl sites for hydroxylation is 1. The van der Waals surface area contributed by atoms with Gasteiger partial charge in [0.2, 0.25) is 0 Å². The van der Waals surface area contributed by atoms with Crippen molar-refractivity contribution in [2.45, 2.75) is 45.3 Å². The first-order valence-electron chi connectivity index (χ1n) is 5.67. The van der Waals surface area contributed by atoms with Crippen molar-refractivity contribution in [1.82, 2.24) is 14.9 Å². The normalized spacial score (nSPS) is 13.1. The molecule has 0 fully saturated rings. The lowest BCUT2D eigenvalue weighted by Gasteiger charge is -2.38. The van der Waals surface area contributed by atoms with Crippen molar-refractivity contribution in [3.8, 4) is 0 Å². The fourth-order valence-electron chi connectivity index (χ4n) is 1.34. The third-order valence-electron chi connectivity index (χ3n) is 3.37. The van der Waals surface area contributed by atoms with E-state index in [2.05, 4.69) is 10.3 Å². The van der Waals surface area contributed by atoms with E-state index in [1.54, 1.807) is 6.20 Å². The third-order valence-corrected chi connectivity index (χ3v) is 3.37. The van der Waals surface area contributed by atoms with E-state index in [1.807, 2.05) is 45.5 Å². The van der Waals surface area contributed by atoms with Crippen molar-refractivity contribution >= 4 is 0 Å². The van der Waals surface area contributed by atoms with Crippen molar-refractivity contribution in [2.24, 2.45) is 7.05 Å². The molecule has 0 bridgehead atoms. The number of imidazole rings is 1. The van der Waals surface area contributed by atoms with Crippen molar-refractivity contribution < 1.29 is 5.11 Å². The topological polar surface area (TPSA) is 50.1 Å². The number of aromatic nitrogens is 2. The molecule has 2 N–H and O–H groups in total. The largest absolute Gasteiger partial charge is 0.389 e. The van der Waals surface area contributed by atoms with Crippen LogP contribution in [0, 0.1) is 0 Å². The van der Waals surface area contributed by atoms with Crippen LogP contribution in [0.3, 0.4) is 0 Å². The van der Waals surface area contributed by atoms with Crippen LogP contribution in [0.1, 0.15) is 33.5 Å². The first kappa shape index (κ1) is 13.2. The molecule has 0 aliphatic rings. The Balaban J connectivity index is 2.45. The molecule has 0 aliphatic heterocycles. The zero-order valence-electron chi connectivity index (χ0n) is 10.9. The van der Waals surface area contributed by atoms with Crippen LogP contribution < -0.4 is 5.32 Å². The fourth-order valence-corrected chi connectivity index (χ4v) is 1.34. The summed E-state index contributed by atoms with van der Waals surface area (Å²) < 4.78 is 2.01. The second-order valence-electron chi connectivity index (χ2n) is 5.32. The summed E-state index contributed by atoms with van der Waals surface area (Å²) in [5.74, 6) is 1.05. The van der Waals surface area contributed by atoms with Gasteiger partial charge in [0, 0.05) is 37.9 Å². The lowest BCUT2D eigenvalue weighted by atomic mass is 9.86. The maximum atomic E-state index is 9.97. The van der Waals surface area contributed by atoms with E-state index in [0.29, 0.717) is 0 Å². The van der Waals surface area contributed by atoms with Gasteiger partial charge in [0.1, 0.15) is 5.82 Å². The van der Waals surface area contributed by atoms with Crippen LogP contribution in [0.15, 0.2) is 12.4 Å². The SMILES string of the molecule is Cn1ccnc1CCNC(C)(C)C(C)(C)O. The first-order valence-corrected chi connectivity index (χ1v) is 5.67. The Labute approximate surface area is 97.7 Å². The van der Waals surface area contributed by atoms with Crippen molar-refractivity contribution in [3.63, 3.8) is 0 Å². The maximum Gasteiger partial charge on any atom is 0.109 e. The van der Waals surface area contributed by atoms with Gasteiger partial charge in [-0.05, 0) is 27.7 Å². The smallest absolute Gasteiger partial charge is 0.109 e. The summed E-state index contributed by atoms with van der Waals surface area (Å²) >= 11 is 0. The molecule has 1 aromatic rings. The highest BCUT2D eigenvalue weighted by Crippen LogP contribution is 2.20. The molecule has 1 heterocycles. The average Bonchev–Trinajstić information content (AvgIpc) is 2.49. The Morgan fingerprint density at radius 1 is 1.38 bits per heavy atom. The Kier molecular flexibility index (Phi) is 3.76. The van der Waals surface area contributed by atoms with Gasteiger partial charge in [-0.3, -0.25) is 0 Å². The quantitative estimate of drug-likeness (QED) is 0.789. The van der Waals surface area contributed by atoms with E-state index >= 15 is 0 Å². The predicted molar refractivity (Wildman–Crippen MR) is 65.3 cm³/mol. The van der Waals surface area contributed by atoms with Crippen molar-refractivity contribution in [3.05, 3.63) is 18.2 Å². The zero-order chi connectivity index (χ0) is 12.4. The molecule has 0 spiro atoms. The lowest BCUT2D eigenvalue weighted by molar-refractivity contribution is -0.00416. The summed E-state index contributed by atoms with van der Waals surface area (Å²) in [6, 6.07) is 0. The van der Waals surface area contributed by atoms with Gasteiger partial charge >= 0.3 is 0 Å². The lowest BCUT2D eigenvalue weighted by Crippen LogP contribution is -2.56. The minimum absolute atomic E-state index is 0.307. The molecule has 1 rings (SSSR count). The monoisotopic (exact) mass is 225 g/mol. The summed E-state index contributed by atoms with van der Waals surface area (Å²) in [6.07, 6.45) is 4.61. The highest BCUT2D eigenvalue weighted by atomic mass is 16.3. The maximum absolute atomic E-state index is 9.97. The summed E-state index contributed by atoms with van der Waals surface area (Å²) in [6.45, 7) is 8.46. The van der Waals surface area contributed by atoms with Gasteiger partial charge < -0.3 is 15.0 Å². The number of nitrogens with one attached hydrogen (secondary N) is 1. The molecular formula is C12H23N3O. The molecule has 0 amide bonds. The molecule has 4 nitrogen and oxygen atoms in total. The van der Waals surface area contributed by atoms with Crippen LogP contribution in [0.5, 0.6) is 0 Å². The molecule has 0 radical (unpaired) electrons. The third kappa shape index (κ3) is 3.06. The first-order chi connectivity index (χ1) is 7.24. The van der Waals surface area contributed by atoms with Crippen molar-refractivity contribution in [1.29, 1.82) is 0 Å².